The molecule has 224 valence electrons. The average Bonchev–Trinajstić information content (AvgIpc) is 3.70. The first kappa shape index (κ1) is 30.9. The second-order valence-corrected chi connectivity index (χ2v) is 11.4. The predicted molar refractivity (Wildman–Crippen MR) is 149 cm³/mol. The van der Waals surface area contributed by atoms with Crippen molar-refractivity contribution in [1.82, 2.24) is 14.8 Å². The van der Waals surface area contributed by atoms with Gasteiger partial charge in [-0.15, -0.1) is 0 Å². The van der Waals surface area contributed by atoms with Gasteiger partial charge in [-0.25, -0.2) is 4.98 Å². The Morgan fingerprint density at radius 2 is 1.83 bits per heavy atom. The number of anilines is 1. The van der Waals surface area contributed by atoms with Gasteiger partial charge in [-0.2, -0.15) is 13.2 Å². The molecule has 1 aromatic heterocycles. The molecule has 3 atom stereocenters. The van der Waals surface area contributed by atoms with E-state index in [1.54, 1.807) is 33.2 Å². The summed E-state index contributed by atoms with van der Waals surface area (Å²) in [5.74, 6) is -0.0504. The molecule has 8 nitrogen and oxygen atoms in total. The van der Waals surface area contributed by atoms with Crippen LogP contribution in [0.4, 0.5) is 19.0 Å². The minimum atomic E-state index is -5.21. The van der Waals surface area contributed by atoms with E-state index >= 15 is 0 Å². The maximum absolute atomic E-state index is 14.2. The van der Waals surface area contributed by atoms with Crippen LogP contribution in [0.3, 0.4) is 0 Å². The summed E-state index contributed by atoms with van der Waals surface area (Å²) in [6, 6.07) is 8.42. The highest BCUT2D eigenvalue weighted by atomic mass is 35.5. The summed E-state index contributed by atoms with van der Waals surface area (Å²) in [6.45, 7) is 3.52. The number of aliphatic hydroxyl groups is 1. The number of aromatic nitrogens is 1. The minimum absolute atomic E-state index is 0.0663. The van der Waals surface area contributed by atoms with Gasteiger partial charge in [-0.3, -0.25) is 9.59 Å². The Morgan fingerprint density at radius 3 is 2.41 bits per heavy atom. The van der Waals surface area contributed by atoms with Gasteiger partial charge >= 0.3 is 6.18 Å². The SMILES string of the molecule is CCOc1cccc([C@@](O)(C(=O)N(C)C[C@@H]2C[C@@H]2C2CCN(c3ccc(C(=O)N(C)C)c(Cl)n3)CC2)C(F)(F)F)c1. The van der Waals surface area contributed by atoms with Crippen LogP contribution >= 0.6 is 11.6 Å². The number of likely N-dealkylation sites (N-methyl/N-ethyl adjacent to an activating group) is 1. The van der Waals surface area contributed by atoms with Crippen molar-refractivity contribution >= 4 is 29.2 Å². The third kappa shape index (κ3) is 6.40. The Labute approximate surface area is 243 Å². The van der Waals surface area contributed by atoms with Crippen molar-refractivity contribution in [2.24, 2.45) is 17.8 Å². The number of carbonyl (C=O) groups excluding carboxylic acids is 2. The molecule has 0 unspecified atom stereocenters. The van der Waals surface area contributed by atoms with Crippen LogP contribution in [0.2, 0.25) is 5.15 Å². The number of hydrogen-bond acceptors (Lipinski definition) is 6. The van der Waals surface area contributed by atoms with Crippen LogP contribution in [-0.2, 0) is 10.4 Å². The molecule has 1 saturated heterocycles. The fourth-order valence-electron chi connectivity index (χ4n) is 5.71. The van der Waals surface area contributed by atoms with E-state index in [9.17, 15) is 27.9 Å². The molecule has 1 aliphatic carbocycles. The van der Waals surface area contributed by atoms with Crippen LogP contribution in [0, 0.1) is 17.8 Å². The van der Waals surface area contributed by atoms with Crippen molar-refractivity contribution in [3.8, 4) is 5.75 Å². The maximum Gasteiger partial charge on any atom is 0.430 e. The van der Waals surface area contributed by atoms with E-state index in [4.69, 9.17) is 16.3 Å². The quantitative estimate of drug-likeness (QED) is 0.426. The zero-order chi connectivity index (χ0) is 30.1. The smallest absolute Gasteiger partial charge is 0.430 e. The maximum atomic E-state index is 14.2. The predicted octanol–water partition coefficient (Wildman–Crippen LogP) is 4.60. The monoisotopic (exact) mass is 596 g/mol. The molecule has 1 saturated carbocycles. The zero-order valence-corrected chi connectivity index (χ0v) is 24.4. The number of piperidine rings is 1. The minimum Gasteiger partial charge on any atom is -0.494 e. The Balaban J connectivity index is 1.35. The largest absolute Gasteiger partial charge is 0.494 e. The molecule has 1 N–H and O–H groups in total. The molecule has 41 heavy (non-hydrogen) atoms. The van der Waals surface area contributed by atoms with Gasteiger partial charge in [0, 0.05) is 46.3 Å². The molecule has 2 fully saturated rings. The highest BCUT2D eigenvalue weighted by Crippen LogP contribution is 2.49. The van der Waals surface area contributed by atoms with Crippen LogP contribution in [0.15, 0.2) is 36.4 Å². The average molecular weight is 597 g/mol. The van der Waals surface area contributed by atoms with Crippen molar-refractivity contribution in [1.29, 1.82) is 0 Å². The van der Waals surface area contributed by atoms with Crippen LogP contribution in [0.1, 0.15) is 42.1 Å². The van der Waals surface area contributed by atoms with Gasteiger partial charge in [-0.05, 0) is 68.2 Å². The third-order valence-electron chi connectivity index (χ3n) is 8.05. The molecule has 2 heterocycles. The van der Waals surface area contributed by atoms with Crippen molar-refractivity contribution in [3.05, 3.63) is 52.7 Å². The summed E-state index contributed by atoms with van der Waals surface area (Å²) in [6.07, 6.45) is -2.66. The number of halogens is 4. The number of amides is 2. The van der Waals surface area contributed by atoms with Gasteiger partial charge in [0.15, 0.2) is 0 Å². The highest BCUT2D eigenvalue weighted by molar-refractivity contribution is 6.32. The van der Waals surface area contributed by atoms with Gasteiger partial charge < -0.3 is 24.5 Å². The van der Waals surface area contributed by atoms with Crippen LogP contribution in [-0.4, -0.2) is 85.3 Å². The van der Waals surface area contributed by atoms with E-state index in [1.807, 2.05) is 0 Å². The number of rotatable bonds is 9. The molecule has 1 aromatic carbocycles. The third-order valence-corrected chi connectivity index (χ3v) is 8.34. The number of alkyl halides is 3. The second-order valence-electron chi connectivity index (χ2n) is 11.0. The number of benzene rings is 1. The van der Waals surface area contributed by atoms with Crippen molar-refractivity contribution in [2.75, 3.05) is 52.3 Å². The number of nitrogens with zero attached hydrogens (tertiary/aromatic N) is 4. The molecular formula is C29H36ClF3N4O4. The fourth-order valence-corrected chi connectivity index (χ4v) is 5.94. The molecule has 2 aliphatic rings. The molecule has 1 aliphatic heterocycles. The highest BCUT2D eigenvalue weighted by Gasteiger charge is 2.62. The van der Waals surface area contributed by atoms with E-state index in [0.29, 0.717) is 23.2 Å². The first-order chi connectivity index (χ1) is 19.3. The van der Waals surface area contributed by atoms with Crippen molar-refractivity contribution < 1.29 is 32.6 Å². The number of carbonyl (C=O) groups is 2. The number of ether oxygens (including phenoxy) is 1. The van der Waals surface area contributed by atoms with Gasteiger partial charge in [0.25, 0.3) is 17.4 Å². The van der Waals surface area contributed by atoms with E-state index in [2.05, 4.69) is 9.88 Å². The Kier molecular flexibility index (Phi) is 9.08. The van der Waals surface area contributed by atoms with Gasteiger partial charge in [0.2, 0.25) is 0 Å². The zero-order valence-electron chi connectivity index (χ0n) is 23.6. The lowest BCUT2D eigenvalue weighted by Crippen LogP contribution is -2.55. The molecule has 4 rings (SSSR count). The Morgan fingerprint density at radius 1 is 1.15 bits per heavy atom. The molecule has 12 heteroatoms. The van der Waals surface area contributed by atoms with E-state index in [1.165, 1.54) is 24.1 Å². The lowest BCUT2D eigenvalue weighted by molar-refractivity contribution is -0.261. The lowest BCUT2D eigenvalue weighted by atomic mass is 9.90. The Bertz CT molecular complexity index is 1270. The summed E-state index contributed by atoms with van der Waals surface area (Å²) in [7, 11) is 4.60. The van der Waals surface area contributed by atoms with E-state index < -0.39 is 23.2 Å². The van der Waals surface area contributed by atoms with Gasteiger partial charge in [0.1, 0.15) is 16.7 Å². The molecular weight excluding hydrogens is 561 g/mol. The number of pyridine rings is 1. The van der Waals surface area contributed by atoms with Crippen LogP contribution < -0.4 is 9.64 Å². The van der Waals surface area contributed by atoms with Crippen molar-refractivity contribution in [2.45, 2.75) is 38.0 Å². The molecule has 0 bridgehead atoms. The summed E-state index contributed by atoms with van der Waals surface area (Å²) >= 11 is 6.28. The topological polar surface area (TPSA) is 86.2 Å². The summed E-state index contributed by atoms with van der Waals surface area (Å²) in [4.78, 5) is 34.3. The van der Waals surface area contributed by atoms with Crippen LogP contribution in [0.5, 0.6) is 5.75 Å². The van der Waals surface area contributed by atoms with E-state index in [-0.39, 0.29) is 35.9 Å². The van der Waals surface area contributed by atoms with Gasteiger partial charge in [-0.1, -0.05) is 23.7 Å². The molecule has 2 amide bonds. The lowest BCUT2D eigenvalue weighted by Gasteiger charge is -2.34. The number of hydrogen-bond donors (Lipinski definition) is 1. The second kappa shape index (κ2) is 12.1. The van der Waals surface area contributed by atoms with Crippen molar-refractivity contribution in [3.63, 3.8) is 0 Å². The van der Waals surface area contributed by atoms with Gasteiger partial charge in [0.05, 0.1) is 12.2 Å². The van der Waals surface area contributed by atoms with Crippen LogP contribution in [0.25, 0.3) is 0 Å². The molecule has 0 radical (unpaired) electrons. The molecule has 0 spiro atoms. The summed E-state index contributed by atoms with van der Waals surface area (Å²) < 4.78 is 47.8. The normalized spacial score (nSPS) is 20.8. The standard InChI is InChI=1S/C29H36ClF3N4O4/c1-5-41-21-8-6-7-20(16-21)28(40,29(31,32)33)27(39)36(4)17-19-15-23(19)18-11-13-37(14-12-18)24-10-9-22(25(30)34-24)26(38)35(2)3/h6-10,16,18-19,23,40H,5,11-15,17H2,1-4H3/t19-,23+,28+/m0/s1. The first-order valence-corrected chi connectivity index (χ1v) is 14.1. The molecule has 2 aromatic rings. The Hall–Kier alpha value is -3.05. The summed E-state index contributed by atoms with van der Waals surface area (Å²) in [5, 5.41) is 11.0. The fraction of sp³-hybridized carbons (Fsp3) is 0.552. The van der Waals surface area contributed by atoms with E-state index in [0.717, 1.165) is 49.4 Å². The summed E-state index contributed by atoms with van der Waals surface area (Å²) in [5.41, 5.74) is -3.90. The first-order valence-electron chi connectivity index (χ1n) is 13.7.